The van der Waals surface area contributed by atoms with Crippen molar-refractivity contribution >= 4 is 110 Å². The molecule has 0 spiro atoms. The molecular formula is C69H102O9Si8. The zero-order valence-corrected chi connectivity index (χ0v) is 57.6. The van der Waals surface area contributed by atoms with Crippen LogP contribution in [0.2, 0.25) is 64.5 Å². The number of benzene rings is 8. The van der Waals surface area contributed by atoms with Gasteiger partial charge in [0.2, 0.25) is 0 Å². The molecular weight excluding hydrogens is 1200 g/mol. The highest BCUT2D eigenvalue weighted by molar-refractivity contribution is 7.09. The van der Waals surface area contributed by atoms with E-state index in [1.807, 2.05) is 24.3 Å². The monoisotopic (exact) mass is 1300 g/mol. The largest absolute Gasteiger partial charge is 0.433 e. The average Bonchev–Trinajstić information content (AvgIpc) is 1.41. The Morgan fingerprint density at radius 2 is 0.500 bits per heavy atom. The van der Waals surface area contributed by atoms with Crippen molar-refractivity contribution in [2.24, 2.45) is 0 Å². The van der Waals surface area contributed by atoms with Gasteiger partial charge in [-0.25, -0.2) is 0 Å². The molecule has 3 N–H and O–H groups in total. The lowest BCUT2D eigenvalue weighted by Crippen LogP contribution is -2.78. The van der Waals surface area contributed by atoms with Gasteiger partial charge in [0.15, 0.2) is 34.7 Å². The minimum atomic E-state index is -3.48. The summed E-state index contributed by atoms with van der Waals surface area (Å²) in [5, 5.41) is 35.9. The van der Waals surface area contributed by atoms with Crippen molar-refractivity contribution in [3.63, 3.8) is 0 Å². The molecule has 0 amide bonds. The van der Waals surface area contributed by atoms with Crippen LogP contribution >= 0.6 is 0 Å². The molecule has 86 heavy (non-hydrogen) atoms. The van der Waals surface area contributed by atoms with Gasteiger partial charge in [-0.2, -0.15) is 0 Å². The van der Waals surface area contributed by atoms with Crippen molar-refractivity contribution in [1.82, 2.24) is 0 Å². The summed E-state index contributed by atoms with van der Waals surface area (Å²) in [6.45, 7) is 21.4. The Hall–Kier alpha value is -5.12. The van der Waals surface area contributed by atoms with Gasteiger partial charge < -0.3 is 40.0 Å². The zero-order chi connectivity index (χ0) is 59.0. The molecule has 0 aliphatic heterocycles. The van der Waals surface area contributed by atoms with Crippen LogP contribution in [-0.4, -0.2) is 104 Å². The van der Waals surface area contributed by atoms with Crippen LogP contribution in [0, 0.1) is 0 Å². The van der Waals surface area contributed by atoms with Crippen LogP contribution in [0.3, 0.4) is 0 Å². The Morgan fingerprint density at radius 1 is 0.326 bits per heavy atom. The summed E-state index contributed by atoms with van der Waals surface area (Å²) < 4.78 is 45.0. The minimum Gasteiger partial charge on any atom is -0.433 e. The van der Waals surface area contributed by atoms with Gasteiger partial charge >= 0.3 is 34.2 Å². The van der Waals surface area contributed by atoms with Crippen LogP contribution < -0.4 is 41.5 Å². The highest BCUT2D eigenvalue weighted by Crippen LogP contribution is 2.29. The second-order valence-electron chi connectivity index (χ2n) is 21.8. The summed E-state index contributed by atoms with van der Waals surface area (Å²) >= 11 is 0. The fraction of sp³-hybridized carbons (Fsp3) is 0.275. The van der Waals surface area contributed by atoms with Crippen LogP contribution in [0.15, 0.2) is 255 Å². The fourth-order valence-corrected chi connectivity index (χ4v) is 44.1. The van der Waals surface area contributed by atoms with Gasteiger partial charge in [0.25, 0.3) is 0 Å². The zero-order valence-electron chi connectivity index (χ0n) is 49.3. The molecule has 0 heterocycles. The standard InChI is InChI=1S/C34H46O5Si4.C28H34O3Si4.C3H6O.4CH4/c1-40(2,29-17-27-35)37-42(31-19-9-5-10-20-31,32-21-11-6-12-22-32)39-43(33-23-13-7-14-24-33,34-25-15-8-16-26-34)38-41(3,4)30-18-28-36;1-32(2)29-34(25-17-9-5-10-18-25,26-19-11-6-12-20-26)31-35(30-33(3)4,27-21-13-7-14-22-27)28-23-15-8-16-24-28;1-2-3-4;;;;/h5-16,19-26,35-36H,17-18,27-30H2,1-4H3;5-24,32-33H,1-4H3;2,4H,1,3H2;4*1H4. The van der Waals surface area contributed by atoms with Gasteiger partial charge in [-0.05, 0) is 119 Å². The first-order chi connectivity index (χ1) is 39.5. The number of aliphatic hydroxyl groups is 3. The summed E-state index contributed by atoms with van der Waals surface area (Å²) in [6.07, 6.45) is 2.80. The van der Waals surface area contributed by atoms with E-state index < -0.39 is 69.0 Å². The lowest BCUT2D eigenvalue weighted by molar-refractivity contribution is 0.289. The van der Waals surface area contributed by atoms with Crippen LogP contribution in [0.4, 0.5) is 0 Å². The van der Waals surface area contributed by atoms with Crippen molar-refractivity contribution in [3.05, 3.63) is 255 Å². The maximum Gasteiger partial charge on any atom is 0.388 e. The fourth-order valence-electron chi connectivity index (χ4n) is 9.95. The smallest absolute Gasteiger partial charge is 0.388 e. The van der Waals surface area contributed by atoms with Crippen LogP contribution in [-0.2, 0) is 24.7 Å². The number of aliphatic hydroxyl groups excluding tert-OH is 3. The minimum absolute atomic E-state index is 0. The summed E-state index contributed by atoms with van der Waals surface area (Å²) in [7, 11) is -21.1. The molecule has 17 heteroatoms. The summed E-state index contributed by atoms with van der Waals surface area (Å²) in [4.78, 5) is 0. The van der Waals surface area contributed by atoms with Gasteiger partial charge in [0.1, 0.15) is 0 Å². The normalized spacial score (nSPS) is 11.7. The van der Waals surface area contributed by atoms with E-state index in [1.54, 1.807) is 0 Å². The average molecular weight is 1300 g/mol. The Bertz CT molecular complexity index is 2670. The molecule has 9 nitrogen and oxygen atoms in total. The van der Waals surface area contributed by atoms with Gasteiger partial charge in [0.05, 0.1) is 6.61 Å². The third kappa shape index (κ3) is 20.7. The molecule has 0 radical (unpaired) electrons. The SMILES string of the molecule is C.C.C.C.C=CCO.C[SiH](C)O[Si](O[Si](O[SiH](C)C)(c1ccccc1)c1ccccc1)(c1ccccc1)c1ccccc1.C[Si](C)(CCCO)O[Si](O[Si](O[Si](C)(C)CCCO)(c1ccccc1)c1ccccc1)(c1ccccc1)c1ccccc1. The van der Waals surface area contributed by atoms with Gasteiger partial charge in [-0.1, -0.05) is 278 Å². The van der Waals surface area contributed by atoms with Crippen LogP contribution in [0.5, 0.6) is 0 Å². The van der Waals surface area contributed by atoms with E-state index in [0.29, 0.717) is 12.8 Å². The molecule has 0 fully saturated rings. The molecule has 0 aliphatic rings. The molecule has 0 aromatic heterocycles. The second kappa shape index (κ2) is 37.7. The van der Waals surface area contributed by atoms with E-state index in [9.17, 15) is 10.2 Å². The van der Waals surface area contributed by atoms with Crippen molar-refractivity contribution in [3.8, 4) is 0 Å². The first-order valence-electron chi connectivity index (χ1n) is 28.6. The van der Waals surface area contributed by atoms with E-state index in [2.05, 4.69) is 277 Å². The maximum absolute atomic E-state index is 9.76. The molecule has 0 saturated heterocycles. The molecule has 8 aromatic rings. The third-order valence-electron chi connectivity index (χ3n) is 13.5. The molecule has 8 rings (SSSR count). The Balaban J connectivity index is 0.000000537. The predicted molar refractivity (Wildman–Crippen MR) is 388 cm³/mol. The predicted octanol–water partition coefficient (Wildman–Crippen LogP) is 10.9. The highest BCUT2D eigenvalue weighted by Gasteiger charge is 2.58. The molecule has 0 unspecified atom stereocenters. The second-order valence-corrected chi connectivity index (χ2v) is 48.7. The topological polar surface area (TPSA) is 116 Å². The van der Waals surface area contributed by atoms with Crippen molar-refractivity contribution in [2.45, 2.75) is 107 Å². The molecule has 0 atom stereocenters. The van der Waals surface area contributed by atoms with Crippen LogP contribution in [0.1, 0.15) is 42.5 Å². The molecule has 0 aliphatic carbocycles. The quantitative estimate of drug-likeness (QED) is 0.0342. The Kier molecular flexibility index (Phi) is 33.7. The van der Waals surface area contributed by atoms with E-state index in [4.69, 9.17) is 29.8 Å². The number of rotatable bonds is 27. The van der Waals surface area contributed by atoms with Crippen LogP contribution in [0.25, 0.3) is 0 Å². The first kappa shape index (κ1) is 77.0. The van der Waals surface area contributed by atoms with Crippen molar-refractivity contribution in [1.29, 1.82) is 0 Å². The Labute approximate surface area is 529 Å². The van der Waals surface area contributed by atoms with Crippen molar-refractivity contribution < 1.29 is 40.0 Å². The van der Waals surface area contributed by atoms with Gasteiger partial charge in [-0.15, -0.1) is 6.58 Å². The van der Waals surface area contributed by atoms with E-state index in [0.717, 1.165) is 53.6 Å². The third-order valence-corrected chi connectivity index (χ3v) is 43.1. The van der Waals surface area contributed by atoms with E-state index in [1.165, 1.54) is 6.08 Å². The summed E-state index contributed by atoms with van der Waals surface area (Å²) in [5.41, 5.74) is 0. The molecule has 0 saturated carbocycles. The first-order valence-corrected chi connectivity index (χ1v) is 47.6. The van der Waals surface area contributed by atoms with Crippen molar-refractivity contribution in [2.75, 3.05) is 19.8 Å². The van der Waals surface area contributed by atoms with E-state index >= 15 is 0 Å². The molecule has 464 valence electrons. The molecule has 0 bridgehead atoms. The van der Waals surface area contributed by atoms with Gasteiger partial charge in [-0.3, -0.25) is 0 Å². The number of hydrogen-bond donors (Lipinski definition) is 3. The Morgan fingerprint density at radius 3 is 0.663 bits per heavy atom. The van der Waals surface area contributed by atoms with E-state index in [-0.39, 0.29) is 49.5 Å². The molecule has 8 aromatic carbocycles. The summed E-state index contributed by atoms with van der Waals surface area (Å²) in [6, 6.07) is 85.5. The lowest BCUT2D eigenvalue weighted by Gasteiger charge is -2.47. The highest BCUT2D eigenvalue weighted by atomic mass is 28.5. The number of hydrogen-bond acceptors (Lipinski definition) is 9. The van der Waals surface area contributed by atoms with Gasteiger partial charge in [0, 0.05) is 13.2 Å². The summed E-state index contributed by atoms with van der Waals surface area (Å²) in [5.74, 6) is 0. The maximum atomic E-state index is 9.76. The lowest BCUT2D eigenvalue weighted by atomic mass is 10.4.